The number of rotatable bonds is 4. The molecular formula is C7H15NO4Si. The van der Waals surface area contributed by atoms with Crippen molar-refractivity contribution in [1.82, 2.24) is 0 Å². The van der Waals surface area contributed by atoms with Gasteiger partial charge in [-0.25, -0.2) is 0 Å². The summed E-state index contributed by atoms with van der Waals surface area (Å²) in [6, 6.07) is 0.314. The first-order valence-electron chi connectivity index (χ1n) is 4.02. The monoisotopic (exact) mass is 205 g/mol. The zero-order valence-corrected chi connectivity index (χ0v) is 9.23. The van der Waals surface area contributed by atoms with Crippen LogP contribution in [0.1, 0.15) is 20.8 Å². The predicted octanol–water partition coefficient (Wildman–Crippen LogP) is -0.320. The van der Waals surface area contributed by atoms with E-state index in [1.807, 2.05) is 0 Å². The van der Waals surface area contributed by atoms with Gasteiger partial charge in [-0.15, -0.1) is 0 Å². The van der Waals surface area contributed by atoms with Crippen LogP contribution in [0.5, 0.6) is 0 Å². The number of hydrogen-bond donors (Lipinski definition) is 1. The zero-order chi connectivity index (χ0) is 10.4. The van der Waals surface area contributed by atoms with Gasteiger partial charge in [0, 0.05) is 25.9 Å². The smallest absolute Gasteiger partial charge is 0.449 e. The summed E-state index contributed by atoms with van der Waals surface area (Å²) >= 11 is 0. The maximum atomic E-state index is 10.6. The molecule has 0 saturated heterocycles. The summed E-state index contributed by atoms with van der Waals surface area (Å²) in [6.45, 7) is 4.34. The van der Waals surface area contributed by atoms with Crippen molar-refractivity contribution in [3.63, 3.8) is 0 Å². The van der Waals surface area contributed by atoms with Gasteiger partial charge in [-0.3, -0.25) is 9.59 Å². The Morgan fingerprint density at radius 1 is 1.31 bits per heavy atom. The molecule has 0 radical (unpaired) electrons. The molecule has 76 valence electrons. The minimum absolute atomic E-state index is 0.129. The molecule has 0 saturated carbocycles. The molecule has 13 heavy (non-hydrogen) atoms. The fourth-order valence-corrected chi connectivity index (χ4v) is 2.38. The lowest BCUT2D eigenvalue weighted by atomic mass is 10.4. The second kappa shape index (κ2) is 5.71. The summed E-state index contributed by atoms with van der Waals surface area (Å²) in [4.78, 5) is 21.2. The highest BCUT2D eigenvalue weighted by atomic mass is 28.3. The van der Waals surface area contributed by atoms with Gasteiger partial charge in [-0.1, -0.05) is 6.92 Å². The van der Waals surface area contributed by atoms with Crippen LogP contribution in [-0.4, -0.2) is 27.3 Å². The van der Waals surface area contributed by atoms with E-state index in [4.69, 9.17) is 14.6 Å². The zero-order valence-electron chi connectivity index (χ0n) is 8.07. The highest BCUT2D eigenvalue weighted by Gasteiger charge is 2.21. The summed E-state index contributed by atoms with van der Waals surface area (Å²) in [5.41, 5.74) is 5.50. The average molecular weight is 205 g/mol. The van der Waals surface area contributed by atoms with E-state index in [9.17, 15) is 9.59 Å². The van der Waals surface area contributed by atoms with Gasteiger partial charge in [0.2, 0.25) is 0 Å². The van der Waals surface area contributed by atoms with Gasteiger partial charge in [0.15, 0.2) is 0 Å². The predicted molar refractivity (Wildman–Crippen MR) is 49.1 cm³/mol. The minimum atomic E-state index is -2.23. The van der Waals surface area contributed by atoms with Crippen molar-refractivity contribution in [2.75, 3.05) is 0 Å². The molecule has 2 N–H and O–H groups in total. The lowest BCUT2D eigenvalue weighted by Crippen LogP contribution is -2.33. The Hall–Kier alpha value is -0.883. The van der Waals surface area contributed by atoms with Crippen molar-refractivity contribution < 1.29 is 18.4 Å². The van der Waals surface area contributed by atoms with E-state index < -0.39 is 21.2 Å². The van der Waals surface area contributed by atoms with E-state index in [1.54, 1.807) is 6.92 Å². The van der Waals surface area contributed by atoms with Crippen LogP contribution >= 0.6 is 0 Å². The van der Waals surface area contributed by atoms with Crippen LogP contribution < -0.4 is 5.73 Å². The molecule has 0 aliphatic carbocycles. The average Bonchev–Trinajstić information content (AvgIpc) is 1.80. The van der Waals surface area contributed by atoms with E-state index in [1.165, 1.54) is 13.8 Å². The van der Waals surface area contributed by atoms with Gasteiger partial charge < -0.3 is 14.6 Å². The first-order valence-corrected chi connectivity index (χ1v) is 5.77. The lowest BCUT2D eigenvalue weighted by Gasteiger charge is -2.15. The van der Waals surface area contributed by atoms with E-state index in [0.29, 0.717) is 6.04 Å². The number of hydrogen-bond acceptors (Lipinski definition) is 5. The molecule has 0 aromatic heterocycles. The van der Waals surface area contributed by atoms with Crippen LogP contribution in [0.4, 0.5) is 0 Å². The van der Waals surface area contributed by atoms with Gasteiger partial charge in [0.05, 0.1) is 0 Å². The molecule has 0 fully saturated rings. The van der Waals surface area contributed by atoms with Crippen molar-refractivity contribution >= 4 is 21.2 Å². The summed E-state index contributed by atoms with van der Waals surface area (Å²) in [6.07, 6.45) is 0. The highest BCUT2D eigenvalue weighted by molar-refractivity contribution is 6.49. The molecule has 0 aromatic carbocycles. The van der Waals surface area contributed by atoms with Crippen molar-refractivity contribution in [1.29, 1.82) is 0 Å². The summed E-state index contributed by atoms with van der Waals surface area (Å²) < 4.78 is 9.70. The Kier molecular flexibility index (Phi) is 5.32. The van der Waals surface area contributed by atoms with Gasteiger partial charge in [-0.05, 0) is 0 Å². The maximum Gasteiger partial charge on any atom is 0.449 e. The molecule has 0 aromatic rings. The largest absolute Gasteiger partial charge is 0.487 e. The molecule has 0 rings (SSSR count). The molecule has 5 nitrogen and oxygen atoms in total. The third-order valence-corrected chi connectivity index (χ3v) is 3.48. The van der Waals surface area contributed by atoms with Gasteiger partial charge >= 0.3 is 9.28 Å². The third-order valence-electron chi connectivity index (χ3n) is 1.16. The number of carbonyl (C=O) groups excluding carboxylic acids is 2. The van der Waals surface area contributed by atoms with Crippen LogP contribution in [0.2, 0.25) is 6.04 Å². The SMILES string of the molecule is CC(=O)O[SiH](CC(C)N)OC(C)=O. The van der Waals surface area contributed by atoms with Crippen LogP contribution in [-0.2, 0) is 18.4 Å². The molecule has 0 heterocycles. The Morgan fingerprint density at radius 3 is 1.92 bits per heavy atom. The second-order valence-electron chi connectivity index (χ2n) is 2.86. The number of carbonyl (C=O) groups is 2. The van der Waals surface area contributed by atoms with Gasteiger partial charge in [-0.2, -0.15) is 0 Å². The first-order chi connectivity index (χ1) is 5.91. The van der Waals surface area contributed by atoms with Crippen molar-refractivity contribution in [2.24, 2.45) is 5.73 Å². The summed E-state index contributed by atoms with van der Waals surface area (Å²) in [5, 5.41) is 0. The van der Waals surface area contributed by atoms with Crippen molar-refractivity contribution in [2.45, 2.75) is 32.9 Å². The van der Waals surface area contributed by atoms with Crippen LogP contribution in [0.3, 0.4) is 0 Å². The van der Waals surface area contributed by atoms with E-state index in [0.717, 1.165) is 0 Å². The topological polar surface area (TPSA) is 78.6 Å². The second-order valence-corrected chi connectivity index (χ2v) is 4.66. The van der Waals surface area contributed by atoms with Crippen molar-refractivity contribution in [3.05, 3.63) is 0 Å². The van der Waals surface area contributed by atoms with E-state index >= 15 is 0 Å². The molecule has 0 amide bonds. The normalized spacial score (nSPS) is 12.4. The molecule has 0 bridgehead atoms. The fraction of sp³-hybridized carbons (Fsp3) is 0.714. The maximum absolute atomic E-state index is 10.6. The molecule has 0 spiro atoms. The third kappa shape index (κ3) is 7.48. The minimum Gasteiger partial charge on any atom is -0.487 e. The first kappa shape index (κ1) is 12.1. The van der Waals surface area contributed by atoms with Crippen molar-refractivity contribution in [3.8, 4) is 0 Å². The van der Waals surface area contributed by atoms with Gasteiger partial charge in [0.1, 0.15) is 0 Å². The fourth-order valence-electron chi connectivity index (χ4n) is 0.794. The Morgan fingerprint density at radius 2 is 1.69 bits per heavy atom. The Labute approximate surface area is 79.0 Å². The van der Waals surface area contributed by atoms with E-state index in [-0.39, 0.29) is 6.04 Å². The summed E-state index contributed by atoms with van der Waals surface area (Å²) in [7, 11) is -2.23. The lowest BCUT2D eigenvalue weighted by molar-refractivity contribution is -0.137. The molecule has 0 aliphatic heterocycles. The molecule has 1 unspecified atom stereocenters. The molecule has 0 aliphatic rings. The Bertz CT molecular complexity index is 179. The van der Waals surface area contributed by atoms with Crippen LogP contribution in [0, 0.1) is 0 Å². The standard InChI is InChI=1S/C7H15NO4Si/c1-5(8)4-13(11-6(2)9)12-7(3)10/h5,13H,4,8H2,1-3H3. The summed E-state index contributed by atoms with van der Waals surface area (Å²) in [5.74, 6) is -0.864. The highest BCUT2D eigenvalue weighted by Crippen LogP contribution is 2.01. The van der Waals surface area contributed by atoms with Crippen LogP contribution in [0.25, 0.3) is 0 Å². The Balaban J connectivity index is 4.02. The van der Waals surface area contributed by atoms with E-state index in [2.05, 4.69) is 0 Å². The van der Waals surface area contributed by atoms with Crippen LogP contribution in [0.15, 0.2) is 0 Å². The molecule has 1 atom stereocenters. The number of nitrogens with two attached hydrogens (primary N) is 1. The quantitative estimate of drug-likeness (QED) is 0.636. The molecule has 6 heteroatoms. The molecular weight excluding hydrogens is 190 g/mol. The van der Waals surface area contributed by atoms with Gasteiger partial charge in [0.25, 0.3) is 11.9 Å².